The maximum absolute atomic E-state index is 12.2. The largest absolute Gasteiger partial charge is 0.392 e. The van der Waals surface area contributed by atoms with E-state index in [9.17, 15) is 8.42 Å². The van der Waals surface area contributed by atoms with Crippen LogP contribution in [0.4, 0.5) is 0 Å². The zero-order valence-corrected chi connectivity index (χ0v) is 13.4. The maximum atomic E-state index is 12.2. The number of sulfonamides is 1. The molecule has 1 aliphatic carbocycles. The van der Waals surface area contributed by atoms with Gasteiger partial charge in [-0.15, -0.1) is 0 Å². The molecule has 1 aromatic carbocycles. The Morgan fingerprint density at radius 3 is 2.63 bits per heavy atom. The summed E-state index contributed by atoms with van der Waals surface area (Å²) in [4.78, 5) is 0.178. The van der Waals surface area contributed by atoms with Crippen LogP contribution in [0, 0.1) is 11.3 Å². The summed E-state index contributed by atoms with van der Waals surface area (Å²) in [6.07, 6.45) is 1.05. The van der Waals surface area contributed by atoms with E-state index in [2.05, 4.69) is 34.5 Å². The van der Waals surface area contributed by atoms with Crippen LogP contribution in [0.2, 0.25) is 0 Å². The molecule has 0 radical (unpaired) electrons. The minimum Gasteiger partial charge on any atom is -0.392 e. The first-order valence-corrected chi connectivity index (χ1v) is 8.43. The monoisotopic (exact) mass is 347 g/mol. The molecule has 4 nitrogen and oxygen atoms in total. The molecule has 0 bridgehead atoms. The van der Waals surface area contributed by atoms with Crippen LogP contribution in [0.25, 0.3) is 0 Å². The van der Waals surface area contributed by atoms with Crippen LogP contribution in [0.1, 0.15) is 25.8 Å². The second-order valence-electron chi connectivity index (χ2n) is 5.66. The van der Waals surface area contributed by atoms with E-state index in [1.165, 1.54) is 6.07 Å². The molecule has 1 atom stereocenters. The fourth-order valence-corrected chi connectivity index (χ4v) is 4.16. The average molecular weight is 348 g/mol. The number of aliphatic hydroxyl groups is 1. The van der Waals surface area contributed by atoms with E-state index >= 15 is 0 Å². The van der Waals surface area contributed by atoms with Crippen molar-refractivity contribution >= 4 is 26.0 Å². The summed E-state index contributed by atoms with van der Waals surface area (Å²) in [6.45, 7) is 4.55. The molecular formula is C13H18BrNO3S. The first kappa shape index (κ1) is 15.0. The molecule has 0 aliphatic heterocycles. The highest BCUT2D eigenvalue weighted by Gasteiger charge is 2.45. The highest BCUT2D eigenvalue weighted by Crippen LogP contribution is 2.51. The van der Waals surface area contributed by atoms with Crippen molar-refractivity contribution in [2.24, 2.45) is 11.3 Å². The van der Waals surface area contributed by atoms with Crippen molar-refractivity contribution in [1.29, 1.82) is 0 Å². The topological polar surface area (TPSA) is 66.4 Å². The van der Waals surface area contributed by atoms with Crippen LogP contribution >= 0.6 is 15.9 Å². The first-order valence-electron chi connectivity index (χ1n) is 6.15. The summed E-state index contributed by atoms with van der Waals surface area (Å²) in [6, 6.07) is 4.82. The standard InChI is InChI=1S/C13H18BrNO3S/c1-13(2)6-10(13)7-15-19(17,18)12-5-9(8-16)3-4-11(12)14/h3-5,10,15-16H,6-8H2,1-2H3. The molecule has 0 saturated heterocycles. The molecule has 6 heteroatoms. The van der Waals surface area contributed by atoms with E-state index < -0.39 is 10.0 Å². The van der Waals surface area contributed by atoms with Gasteiger partial charge in [0.25, 0.3) is 0 Å². The molecule has 0 heterocycles. The van der Waals surface area contributed by atoms with Crippen molar-refractivity contribution in [3.63, 3.8) is 0 Å². The van der Waals surface area contributed by atoms with Gasteiger partial charge in [0.15, 0.2) is 0 Å². The van der Waals surface area contributed by atoms with Gasteiger partial charge in [0.1, 0.15) is 0 Å². The summed E-state index contributed by atoms with van der Waals surface area (Å²) >= 11 is 3.24. The number of hydrogen-bond acceptors (Lipinski definition) is 3. The van der Waals surface area contributed by atoms with Gasteiger partial charge in [0.2, 0.25) is 10.0 Å². The zero-order valence-electron chi connectivity index (χ0n) is 11.0. The van der Waals surface area contributed by atoms with Crippen LogP contribution in [0.15, 0.2) is 27.6 Å². The van der Waals surface area contributed by atoms with Gasteiger partial charge in [-0.25, -0.2) is 13.1 Å². The Balaban J connectivity index is 2.15. The van der Waals surface area contributed by atoms with Crippen LogP contribution in [0.3, 0.4) is 0 Å². The molecule has 106 valence electrons. The van der Waals surface area contributed by atoms with Crippen LogP contribution < -0.4 is 4.72 Å². The number of halogens is 1. The lowest BCUT2D eigenvalue weighted by molar-refractivity contribution is 0.281. The van der Waals surface area contributed by atoms with Crippen molar-refractivity contribution in [3.8, 4) is 0 Å². The lowest BCUT2D eigenvalue weighted by atomic mass is 10.1. The predicted octanol–water partition coefficient (Wildman–Crippen LogP) is 2.27. The van der Waals surface area contributed by atoms with E-state index in [0.29, 0.717) is 22.5 Å². The number of hydrogen-bond donors (Lipinski definition) is 2. The highest BCUT2D eigenvalue weighted by atomic mass is 79.9. The second-order valence-corrected chi connectivity index (χ2v) is 8.25. The number of aliphatic hydroxyl groups excluding tert-OH is 1. The van der Waals surface area contributed by atoms with E-state index in [-0.39, 0.29) is 16.9 Å². The molecule has 1 fully saturated rings. The lowest BCUT2D eigenvalue weighted by Crippen LogP contribution is -2.27. The fraction of sp³-hybridized carbons (Fsp3) is 0.538. The van der Waals surface area contributed by atoms with Gasteiger partial charge in [0.05, 0.1) is 11.5 Å². The molecule has 0 amide bonds. The van der Waals surface area contributed by atoms with Crippen LogP contribution in [-0.2, 0) is 16.6 Å². The Bertz CT molecular complexity index is 584. The first-order chi connectivity index (χ1) is 8.76. The van der Waals surface area contributed by atoms with Gasteiger partial charge in [-0.05, 0) is 51.4 Å². The Morgan fingerprint density at radius 1 is 1.47 bits per heavy atom. The minimum atomic E-state index is -3.54. The normalized spacial score (nSPS) is 21.4. The van der Waals surface area contributed by atoms with Crippen molar-refractivity contribution in [2.75, 3.05) is 6.54 Å². The smallest absolute Gasteiger partial charge is 0.241 e. The van der Waals surface area contributed by atoms with E-state index in [0.717, 1.165) is 6.42 Å². The Kier molecular flexibility index (Phi) is 4.07. The van der Waals surface area contributed by atoms with Crippen molar-refractivity contribution in [1.82, 2.24) is 4.72 Å². The van der Waals surface area contributed by atoms with Gasteiger partial charge < -0.3 is 5.11 Å². The molecule has 2 N–H and O–H groups in total. The summed E-state index contributed by atoms with van der Waals surface area (Å²) < 4.78 is 27.6. The molecule has 2 rings (SSSR count). The summed E-state index contributed by atoms with van der Waals surface area (Å²) in [5.74, 6) is 0.405. The zero-order chi connectivity index (χ0) is 14.3. The van der Waals surface area contributed by atoms with E-state index in [1.54, 1.807) is 12.1 Å². The van der Waals surface area contributed by atoms with Gasteiger partial charge >= 0.3 is 0 Å². The van der Waals surface area contributed by atoms with E-state index in [1.807, 2.05) is 0 Å². The molecule has 1 aliphatic rings. The van der Waals surface area contributed by atoms with Crippen molar-refractivity contribution < 1.29 is 13.5 Å². The predicted molar refractivity (Wildman–Crippen MR) is 77.1 cm³/mol. The van der Waals surface area contributed by atoms with E-state index in [4.69, 9.17) is 5.11 Å². The number of rotatable bonds is 5. The van der Waals surface area contributed by atoms with Gasteiger partial charge in [-0.3, -0.25) is 0 Å². The van der Waals surface area contributed by atoms with Gasteiger partial charge in [0, 0.05) is 11.0 Å². The molecule has 1 unspecified atom stereocenters. The summed E-state index contributed by atoms with van der Waals surface area (Å²) in [5.41, 5.74) is 0.822. The van der Waals surface area contributed by atoms with Gasteiger partial charge in [-0.2, -0.15) is 0 Å². The quantitative estimate of drug-likeness (QED) is 0.858. The minimum absolute atomic E-state index is 0.175. The second kappa shape index (κ2) is 5.16. The molecule has 1 saturated carbocycles. The Hall–Kier alpha value is -0.430. The lowest BCUT2D eigenvalue weighted by Gasteiger charge is -2.10. The summed E-state index contributed by atoms with van der Waals surface area (Å²) in [7, 11) is -3.54. The number of benzene rings is 1. The third kappa shape index (κ3) is 3.37. The average Bonchev–Trinajstić information content (AvgIpc) is 2.95. The molecule has 0 aromatic heterocycles. The van der Waals surface area contributed by atoms with Crippen molar-refractivity contribution in [3.05, 3.63) is 28.2 Å². The fourth-order valence-electron chi connectivity index (χ4n) is 2.06. The Labute approximate surface area is 122 Å². The van der Waals surface area contributed by atoms with Gasteiger partial charge in [-0.1, -0.05) is 19.9 Å². The SMILES string of the molecule is CC1(C)CC1CNS(=O)(=O)c1cc(CO)ccc1Br. The molecule has 1 aromatic rings. The molecule has 19 heavy (non-hydrogen) atoms. The third-order valence-electron chi connectivity index (χ3n) is 3.71. The summed E-state index contributed by atoms with van der Waals surface area (Å²) in [5, 5.41) is 9.08. The van der Waals surface area contributed by atoms with Crippen LogP contribution in [0.5, 0.6) is 0 Å². The highest BCUT2D eigenvalue weighted by molar-refractivity contribution is 9.10. The maximum Gasteiger partial charge on any atom is 0.241 e. The molecule has 0 spiro atoms. The number of nitrogens with one attached hydrogen (secondary N) is 1. The molecular weight excluding hydrogens is 330 g/mol. The van der Waals surface area contributed by atoms with Crippen molar-refractivity contribution in [2.45, 2.75) is 31.8 Å². The third-order valence-corrected chi connectivity index (χ3v) is 6.12. The van der Waals surface area contributed by atoms with Crippen LogP contribution in [-0.4, -0.2) is 20.1 Å². The Morgan fingerprint density at radius 2 is 2.11 bits per heavy atom.